The lowest BCUT2D eigenvalue weighted by molar-refractivity contribution is 0.399. The number of nitrogens with zero attached hydrogens (tertiary/aromatic N) is 1. The minimum atomic E-state index is 1.12. The molecule has 0 fully saturated rings. The lowest BCUT2D eigenvalue weighted by atomic mass is 10.3. The van der Waals surface area contributed by atoms with Gasteiger partial charge in [0.25, 0.3) is 0 Å². The van der Waals surface area contributed by atoms with Crippen LogP contribution in [0.3, 0.4) is 0 Å². The molecule has 0 saturated carbocycles. The van der Waals surface area contributed by atoms with E-state index in [1.54, 1.807) is 0 Å². The van der Waals surface area contributed by atoms with E-state index in [1.165, 1.54) is 25.1 Å². The summed E-state index contributed by atoms with van der Waals surface area (Å²) in [7, 11) is 4.21. The largest absolute Gasteiger partial charge is 0.315 e. The molecule has 74 valence electrons. The van der Waals surface area contributed by atoms with E-state index in [1.807, 2.05) is 11.8 Å². The molecule has 0 aliphatic rings. The third kappa shape index (κ3) is 10.3. The van der Waals surface area contributed by atoms with Crippen LogP contribution in [0, 0.1) is 0 Å². The molecule has 0 atom stereocenters. The maximum Gasteiger partial charge on any atom is 0.0101 e. The highest BCUT2D eigenvalue weighted by molar-refractivity contribution is 7.98. The number of nitrogens with one attached hydrogen (secondary N) is 1. The summed E-state index contributed by atoms with van der Waals surface area (Å²) in [5, 5.41) is 3.42. The molecule has 0 spiro atoms. The smallest absolute Gasteiger partial charge is 0.0101 e. The quantitative estimate of drug-likeness (QED) is 0.581. The van der Waals surface area contributed by atoms with Gasteiger partial charge in [0.15, 0.2) is 0 Å². The van der Waals surface area contributed by atoms with Gasteiger partial charge in [0.2, 0.25) is 0 Å². The van der Waals surface area contributed by atoms with Crippen LogP contribution in [0.15, 0.2) is 0 Å². The van der Waals surface area contributed by atoms with E-state index in [0.29, 0.717) is 0 Å². The number of hydrogen-bond acceptors (Lipinski definition) is 3. The lowest BCUT2D eigenvalue weighted by Crippen LogP contribution is -2.27. The molecule has 0 amide bonds. The van der Waals surface area contributed by atoms with Crippen molar-refractivity contribution in [1.82, 2.24) is 10.2 Å². The van der Waals surface area contributed by atoms with Gasteiger partial charge in [-0.2, -0.15) is 11.8 Å². The molecule has 0 unspecified atom stereocenters. The Morgan fingerprint density at radius 1 is 1.17 bits per heavy atom. The van der Waals surface area contributed by atoms with Crippen LogP contribution in [-0.4, -0.2) is 50.6 Å². The Kier molecular flexibility index (Phi) is 9.57. The molecule has 0 aromatic rings. The predicted octanol–water partition coefficient (Wildman–Crippen LogP) is 1.28. The Morgan fingerprint density at radius 2 is 1.92 bits per heavy atom. The van der Waals surface area contributed by atoms with Crippen LogP contribution in [0.1, 0.15) is 12.8 Å². The summed E-state index contributed by atoms with van der Waals surface area (Å²) in [6.45, 7) is 3.43. The lowest BCUT2D eigenvalue weighted by Gasteiger charge is -2.09. The second-order valence-corrected chi connectivity index (χ2v) is 4.24. The topological polar surface area (TPSA) is 15.3 Å². The highest BCUT2D eigenvalue weighted by Gasteiger charge is 1.90. The fourth-order valence-corrected chi connectivity index (χ4v) is 1.42. The molecule has 0 saturated heterocycles. The van der Waals surface area contributed by atoms with Crippen LogP contribution in [0.5, 0.6) is 0 Å². The molecule has 0 heterocycles. The highest BCUT2D eigenvalue weighted by Crippen LogP contribution is 1.97. The molecule has 0 radical (unpaired) electrons. The van der Waals surface area contributed by atoms with Gasteiger partial charge in [-0.25, -0.2) is 0 Å². The highest BCUT2D eigenvalue weighted by atomic mass is 32.2. The van der Waals surface area contributed by atoms with Gasteiger partial charge in [-0.15, -0.1) is 0 Å². The van der Waals surface area contributed by atoms with Gasteiger partial charge >= 0.3 is 0 Å². The van der Waals surface area contributed by atoms with Crippen LogP contribution in [0.4, 0.5) is 0 Å². The van der Waals surface area contributed by atoms with Gasteiger partial charge in [-0.3, -0.25) is 0 Å². The molecule has 0 bridgehead atoms. The Hall–Kier alpha value is 0.270. The van der Waals surface area contributed by atoms with Gasteiger partial charge < -0.3 is 10.2 Å². The maximum absolute atomic E-state index is 3.42. The zero-order chi connectivity index (χ0) is 9.23. The van der Waals surface area contributed by atoms with E-state index in [-0.39, 0.29) is 0 Å². The maximum atomic E-state index is 3.42. The first-order chi connectivity index (χ1) is 5.77. The van der Waals surface area contributed by atoms with Crippen LogP contribution < -0.4 is 5.32 Å². The van der Waals surface area contributed by atoms with Crippen molar-refractivity contribution in [1.29, 1.82) is 0 Å². The zero-order valence-electron chi connectivity index (χ0n) is 8.60. The molecule has 12 heavy (non-hydrogen) atoms. The Balaban J connectivity index is 2.82. The summed E-state index contributed by atoms with van der Waals surface area (Å²) >= 11 is 1.93. The molecule has 0 aromatic heterocycles. The van der Waals surface area contributed by atoms with Crippen LogP contribution in [-0.2, 0) is 0 Å². The fourth-order valence-electron chi connectivity index (χ4n) is 0.924. The van der Waals surface area contributed by atoms with Crippen molar-refractivity contribution >= 4 is 11.8 Å². The molecular formula is C9H22N2S. The number of rotatable bonds is 8. The van der Waals surface area contributed by atoms with E-state index >= 15 is 0 Å². The first-order valence-corrected chi connectivity index (χ1v) is 6.01. The van der Waals surface area contributed by atoms with E-state index in [9.17, 15) is 0 Å². The average Bonchev–Trinajstić information content (AvgIpc) is 2.02. The van der Waals surface area contributed by atoms with Crippen molar-refractivity contribution in [2.24, 2.45) is 0 Å². The molecule has 3 heteroatoms. The zero-order valence-corrected chi connectivity index (χ0v) is 9.41. The average molecular weight is 190 g/mol. The van der Waals surface area contributed by atoms with Crippen LogP contribution in [0.2, 0.25) is 0 Å². The molecular weight excluding hydrogens is 168 g/mol. The van der Waals surface area contributed by atoms with E-state index in [0.717, 1.165) is 13.1 Å². The van der Waals surface area contributed by atoms with Crippen molar-refractivity contribution in [3.63, 3.8) is 0 Å². The van der Waals surface area contributed by atoms with Crippen LogP contribution >= 0.6 is 11.8 Å². The molecule has 0 aromatic carbocycles. The number of likely N-dealkylation sites (N-methyl/N-ethyl adjacent to an activating group) is 1. The molecule has 0 rings (SSSR count). The molecule has 0 aliphatic carbocycles. The van der Waals surface area contributed by atoms with Crippen molar-refractivity contribution in [3.8, 4) is 0 Å². The Bertz CT molecular complexity index is 86.6. The Morgan fingerprint density at radius 3 is 2.50 bits per heavy atom. The van der Waals surface area contributed by atoms with Crippen molar-refractivity contribution in [3.05, 3.63) is 0 Å². The minimum absolute atomic E-state index is 1.12. The van der Waals surface area contributed by atoms with Crippen molar-refractivity contribution in [2.45, 2.75) is 12.8 Å². The first kappa shape index (κ1) is 12.3. The molecule has 1 N–H and O–H groups in total. The molecule has 2 nitrogen and oxygen atoms in total. The monoisotopic (exact) mass is 190 g/mol. The van der Waals surface area contributed by atoms with Gasteiger partial charge in [-0.05, 0) is 45.5 Å². The number of unbranched alkanes of at least 4 members (excludes halogenated alkanes) is 1. The number of thioether (sulfide) groups is 1. The summed E-state index contributed by atoms with van der Waals surface area (Å²) in [5.41, 5.74) is 0. The fraction of sp³-hybridized carbons (Fsp3) is 1.00. The summed E-state index contributed by atoms with van der Waals surface area (Å²) in [4.78, 5) is 2.20. The standard InChI is InChI=1S/C9H22N2S/c1-11(2)8-7-10-6-4-5-9-12-3/h10H,4-9H2,1-3H3. The molecule has 0 aliphatic heterocycles. The Labute approximate surface area is 81.1 Å². The second-order valence-electron chi connectivity index (χ2n) is 3.25. The van der Waals surface area contributed by atoms with E-state index in [4.69, 9.17) is 0 Å². The van der Waals surface area contributed by atoms with Gasteiger partial charge in [0.1, 0.15) is 0 Å². The summed E-state index contributed by atoms with van der Waals surface area (Å²) in [6, 6.07) is 0. The van der Waals surface area contributed by atoms with Crippen molar-refractivity contribution < 1.29 is 0 Å². The summed E-state index contributed by atoms with van der Waals surface area (Å²) < 4.78 is 0. The predicted molar refractivity (Wildman–Crippen MR) is 59.0 cm³/mol. The van der Waals surface area contributed by atoms with Crippen molar-refractivity contribution in [2.75, 3.05) is 45.7 Å². The third-order valence-corrected chi connectivity index (χ3v) is 2.38. The van der Waals surface area contributed by atoms with Gasteiger partial charge in [0, 0.05) is 13.1 Å². The minimum Gasteiger partial charge on any atom is -0.315 e. The third-order valence-electron chi connectivity index (χ3n) is 1.69. The second kappa shape index (κ2) is 9.36. The summed E-state index contributed by atoms with van der Waals surface area (Å²) in [6.07, 6.45) is 4.82. The number of hydrogen-bond donors (Lipinski definition) is 1. The SMILES string of the molecule is CSCCCCNCCN(C)C. The normalized spacial score (nSPS) is 11.0. The van der Waals surface area contributed by atoms with Gasteiger partial charge in [0.05, 0.1) is 0 Å². The van der Waals surface area contributed by atoms with E-state index < -0.39 is 0 Å². The van der Waals surface area contributed by atoms with Gasteiger partial charge in [-0.1, -0.05) is 0 Å². The first-order valence-electron chi connectivity index (χ1n) is 4.61. The summed E-state index contributed by atoms with van der Waals surface area (Å²) in [5.74, 6) is 1.30. The van der Waals surface area contributed by atoms with E-state index in [2.05, 4.69) is 30.6 Å². The van der Waals surface area contributed by atoms with Crippen LogP contribution in [0.25, 0.3) is 0 Å².